The summed E-state index contributed by atoms with van der Waals surface area (Å²) in [5.74, 6) is -1.64. The number of fused-ring (bicyclic) bond motifs is 1. The Morgan fingerprint density at radius 2 is 1.59 bits per heavy atom. The maximum atomic E-state index is 13.0. The van der Waals surface area contributed by atoms with Gasteiger partial charge < -0.3 is 0 Å². The van der Waals surface area contributed by atoms with Gasteiger partial charge in [-0.15, -0.1) is 11.3 Å². The first-order valence-electron chi connectivity index (χ1n) is 8.15. The molecule has 2 heterocycles. The molecule has 0 saturated heterocycles. The molecule has 1 aliphatic rings. The van der Waals surface area contributed by atoms with Crippen molar-refractivity contribution in [2.24, 2.45) is 0 Å². The highest BCUT2D eigenvalue weighted by Gasteiger charge is 2.39. The Labute approximate surface area is 163 Å². The first-order chi connectivity index (χ1) is 13.4. The summed E-state index contributed by atoms with van der Waals surface area (Å²) in [7, 11) is 0. The van der Waals surface area contributed by atoms with E-state index in [1.165, 1.54) is 11.5 Å². The van der Waals surface area contributed by atoms with Gasteiger partial charge in [-0.25, -0.2) is 10.3 Å². The van der Waals surface area contributed by atoms with E-state index in [0.717, 1.165) is 16.9 Å². The van der Waals surface area contributed by atoms with E-state index in [1.807, 2.05) is 0 Å². The average molecular weight is 439 g/mol. The highest BCUT2D eigenvalue weighted by atomic mass is 32.1. The zero-order chi connectivity index (χ0) is 21.6. The summed E-state index contributed by atoms with van der Waals surface area (Å²) >= 11 is 0.994. The molecule has 0 spiro atoms. The molecule has 3 N–H and O–H groups in total. The van der Waals surface area contributed by atoms with E-state index in [2.05, 4.69) is 0 Å². The zero-order valence-corrected chi connectivity index (χ0v) is 15.2. The van der Waals surface area contributed by atoms with Crippen LogP contribution in [0.4, 0.5) is 26.3 Å². The Morgan fingerprint density at radius 3 is 2.10 bits per heavy atom. The van der Waals surface area contributed by atoms with Crippen molar-refractivity contribution in [3.8, 4) is 0 Å². The van der Waals surface area contributed by atoms with Gasteiger partial charge in [0.2, 0.25) is 0 Å². The van der Waals surface area contributed by atoms with Gasteiger partial charge in [0.05, 0.1) is 33.0 Å². The van der Waals surface area contributed by atoms with Gasteiger partial charge in [0, 0.05) is 6.42 Å². The third-order valence-corrected chi connectivity index (χ3v) is 5.64. The number of hydroxylamine groups is 1. The molecule has 1 aromatic heterocycles. The molecule has 3 rings (SSSR count). The van der Waals surface area contributed by atoms with Crippen LogP contribution in [0.25, 0.3) is 0 Å². The van der Waals surface area contributed by atoms with Gasteiger partial charge in [0.25, 0.3) is 5.91 Å². The van der Waals surface area contributed by atoms with Gasteiger partial charge in [0.1, 0.15) is 6.54 Å². The Morgan fingerprint density at radius 1 is 1.00 bits per heavy atom. The number of carbonyl (C=O) groups is 2. The lowest BCUT2D eigenvalue weighted by molar-refractivity contribution is -0.830. The second kappa shape index (κ2) is 7.43. The molecule has 0 radical (unpaired) electrons. The number of halogens is 6. The minimum absolute atomic E-state index is 0.00907. The normalized spacial score (nSPS) is 17.0. The lowest BCUT2D eigenvalue weighted by Crippen LogP contribution is -3.14. The largest absolute Gasteiger partial charge is 0.416 e. The van der Waals surface area contributed by atoms with Crippen molar-refractivity contribution in [3.63, 3.8) is 0 Å². The summed E-state index contributed by atoms with van der Waals surface area (Å²) in [6.45, 7) is 0.148. The first kappa shape index (κ1) is 21.3. The van der Waals surface area contributed by atoms with Gasteiger partial charge in [-0.1, -0.05) is 0 Å². The van der Waals surface area contributed by atoms with E-state index in [-0.39, 0.29) is 28.9 Å². The van der Waals surface area contributed by atoms with Crippen LogP contribution < -0.4 is 10.4 Å². The van der Waals surface area contributed by atoms with E-state index >= 15 is 0 Å². The molecule has 1 aliphatic heterocycles. The number of alkyl halides is 6. The van der Waals surface area contributed by atoms with Gasteiger partial charge in [-0.3, -0.25) is 14.9 Å². The van der Waals surface area contributed by atoms with Crippen LogP contribution in [0.15, 0.2) is 24.3 Å². The molecular formula is C17H13F6N2O3S+. The third-order valence-electron chi connectivity index (χ3n) is 4.46. The monoisotopic (exact) mass is 439 g/mol. The molecular weight excluding hydrogens is 426 g/mol. The van der Waals surface area contributed by atoms with Crippen molar-refractivity contribution < 1.29 is 46.0 Å². The van der Waals surface area contributed by atoms with Crippen LogP contribution in [0, 0.1) is 0 Å². The van der Waals surface area contributed by atoms with Crippen molar-refractivity contribution in [2.45, 2.75) is 25.3 Å². The third kappa shape index (κ3) is 4.43. The predicted octanol–water partition coefficient (Wildman–Crippen LogP) is 2.69. The molecule has 29 heavy (non-hydrogen) atoms. The number of carbonyl (C=O) groups excluding carboxylic acids is 2. The number of amides is 2. The van der Waals surface area contributed by atoms with Crippen molar-refractivity contribution in [1.29, 1.82) is 0 Å². The van der Waals surface area contributed by atoms with Gasteiger partial charge in [-0.05, 0) is 29.8 Å². The summed E-state index contributed by atoms with van der Waals surface area (Å²) in [5, 5.41) is 8.69. The molecule has 2 aromatic rings. The van der Waals surface area contributed by atoms with Crippen molar-refractivity contribution in [3.05, 3.63) is 56.3 Å². The van der Waals surface area contributed by atoms with E-state index in [4.69, 9.17) is 5.21 Å². The number of quaternary nitrogens is 1. The minimum Gasteiger partial charge on any atom is -0.288 e. The summed E-state index contributed by atoms with van der Waals surface area (Å²) in [5.41, 5.74) is -1.57. The maximum Gasteiger partial charge on any atom is 0.416 e. The topological polar surface area (TPSA) is 70.8 Å². The van der Waals surface area contributed by atoms with Crippen LogP contribution in [-0.2, 0) is 25.3 Å². The number of benzene rings is 1. The van der Waals surface area contributed by atoms with E-state index in [0.29, 0.717) is 23.4 Å². The van der Waals surface area contributed by atoms with Crippen molar-refractivity contribution in [1.82, 2.24) is 5.48 Å². The fourth-order valence-corrected chi connectivity index (χ4v) is 4.19. The van der Waals surface area contributed by atoms with Crippen molar-refractivity contribution >= 4 is 23.2 Å². The Balaban J connectivity index is 1.92. The van der Waals surface area contributed by atoms with E-state index in [9.17, 15) is 35.9 Å². The van der Waals surface area contributed by atoms with Crippen LogP contribution in [-0.4, -0.2) is 23.6 Å². The van der Waals surface area contributed by atoms with E-state index in [1.54, 1.807) is 0 Å². The van der Waals surface area contributed by atoms with Crippen LogP contribution in [0.3, 0.4) is 0 Å². The van der Waals surface area contributed by atoms with Crippen LogP contribution in [0.1, 0.15) is 41.6 Å². The van der Waals surface area contributed by atoms with Crippen LogP contribution in [0.2, 0.25) is 0 Å². The highest BCUT2D eigenvalue weighted by Crippen LogP contribution is 2.36. The molecule has 5 nitrogen and oxygen atoms in total. The summed E-state index contributed by atoms with van der Waals surface area (Å²) in [6.07, 6.45) is -9.78. The summed E-state index contributed by atoms with van der Waals surface area (Å²) in [4.78, 5) is 25.1. The quantitative estimate of drug-likeness (QED) is 0.383. The molecule has 1 unspecified atom stereocenters. The molecule has 0 fully saturated rings. The number of nitrogens with one attached hydrogen (secondary N) is 2. The van der Waals surface area contributed by atoms with Gasteiger partial charge in [-0.2, -0.15) is 26.3 Å². The predicted molar refractivity (Wildman–Crippen MR) is 87.6 cm³/mol. The smallest absolute Gasteiger partial charge is 0.288 e. The summed E-state index contributed by atoms with van der Waals surface area (Å²) < 4.78 is 78.1. The minimum atomic E-state index is -5.04. The van der Waals surface area contributed by atoms with E-state index < -0.39 is 40.9 Å². The molecule has 156 valence electrons. The Kier molecular flexibility index (Phi) is 5.45. The number of hydrogen-bond acceptors (Lipinski definition) is 4. The Hall–Kier alpha value is -2.44. The lowest BCUT2D eigenvalue weighted by atomic mass is 10.0. The van der Waals surface area contributed by atoms with Crippen molar-refractivity contribution in [2.75, 3.05) is 6.54 Å². The number of hydrogen-bond donors (Lipinski definition) is 3. The molecule has 2 amide bonds. The molecule has 1 aromatic carbocycles. The second-order valence-electron chi connectivity index (χ2n) is 6.40. The standard InChI is InChI=1S/C17H12F6N2O3S/c18-16(19,20)10-3-9(4-11(6-10)17(21,22)23)15(27)25-2-1-8-5-12(14(26)24-28)29-13(8)7-25/h3-6,28H,1-2,7H2,(H,24,26)/p+1. The Bertz CT molecular complexity index is 935. The fraction of sp³-hybridized carbons (Fsp3) is 0.294. The van der Waals surface area contributed by atoms with Gasteiger partial charge >= 0.3 is 18.3 Å². The highest BCUT2D eigenvalue weighted by molar-refractivity contribution is 7.14. The maximum absolute atomic E-state index is 13.0. The molecule has 0 saturated carbocycles. The van der Waals surface area contributed by atoms with Crippen LogP contribution >= 0.6 is 11.3 Å². The summed E-state index contributed by atoms with van der Waals surface area (Å²) in [6, 6.07) is 2.33. The van der Waals surface area contributed by atoms with Gasteiger partial charge in [0.15, 0.2) is 0 Å². The molecule has 0 bridgehead atoms. The SMILES string of the molecule is O=C(NO)c1cc2c(s1)C[NH+](C(=O)c1cc(C(F)(F)F)cc(C(F)(F)F)c1)CC2. The number of thiophene rings is 1. The number of rotatable bonds is 2. The fourth-order valence-electron chi connectivity index (χ4n) is 3.05. The molecule has 12 heteroatoms. The molecule has 1 atom stereocenters. The molecule has 0 aliphatic carbocycles. The second-order valence-corrected chi connectivity index (χ2v) is 7.54. The lowest BCUT2D eigenvalue weighted by Gasteiger charge is -2.22. The first-order valence-corrected chi connectivity index (χ1v) is 8.96. The van der Waals surface area contributed by atoms with Crippen LogP contribution in [0.5, 0.6) is 0 Å². The average Bonchev–Trinajstić information content (AvgIpc) is 3.08. The zero-order valence-electron chi connectivity index (χ0n) is 14.4.